The van der Waals surface area contributed by atoms with Gasteiger partial charge in [0.25, 0.3) is 0 Å². The molecule has 1 aromatic rings. The molecule has 1 aliphatic carbocycles. The SMILES string of the molecule is CC(C(=O)O)c1ccc(CNC2CCC2)cc1. The summed E-state index contributed by atoms with van der Waals surface area (Å²) in [7, 11) is 0. The summed E-state index contributed by atoms with van der Waals surface area (Å²) in [5.41, 5.74) is 2.09. The van der Waals surface area contributed by atoms with Gasteiger partial charge in [-0.25, -0.2) is 0 Å². The summed E-state index contributed by atoms with van der Waals surface area (Å²) in [6.07, 6.45) is 3.91. The van der Waals surface area contributed by atoms with E-state index < -0.39 is 11.9 Å². The van der Waals surface area contributed by atoms with E-state index in [0.717, 1.165) is 12.1 Å². The fourth-order valence-corrected chi connectivity index (χ4v) is 1.94. The van der Waals surface area contributed by atoms with E-state index in [4.69, 9.17) is 5.11 Å². The lowest BCUT2D eigenvalue weighted by atomic mass is 9.93. The molecule has 0 radical (unpaired) electrons. The first-order valence-electron chi connectivity index (χ1n) is 6.22. The molecule has 3 heteroatoms. The minimum Gasteiger partial charge on any atom is -0.481 e. The van der Waals surface area contributed by atoms with E-state index in [-0.39, 0.29) is 0 Å². The highest BCUT2D eigenvalue weighted by Crippen LogP contribution is 2.19. The first-order valence-corrected chi connectivity index (χ1v) is 6.22. The van der Waals surface area contributed by atoms with Gasteiger partial charge in [-0.2, -0.15) is 0 Å². The molecular formula is C14H19NO2. The van der Waals surface area contributed by atoms with Crippen molar-refractivity contribution in [1.82, 2.24) is 5.32 Å². The molecule has 0 bridgehead atoms. The van der Waals surface area contributed by atoms with Gasteiger partial charge in [-0.3, -0.25) is 4.79 Å². The van der Waals surface area contributed by atoms with Crippen LogP contribution in [0, 0.1) is 0 Å². The summed E-state index contributed by atoms with van der Waals surface area (Å²) in [4.78, 5) is 10.8. The Balaban J connectivity index is 1.90. The monoisotopic (exact) mass is 233 g/mol. The van der Waals surface area contributed by atoms with E-state index in [1.165, 1.54) is 24.8 Å². The Bertz CT molecular complexity index is 382. The molecule has 17 heavy (non-hydrogen) atoms. The molecule has 1 unspecified atom stereocenters. The van der Waals surface area contributed by atoms with Crippen molar-refractivity contribution in [1.29, 1.82) is 0 Å². The van der Waals surface area contributed by atoms with Crippen molar-refractivity contribution in [3.05, 3.63) is 35.4 Å². The Morgan fingerprint density at radius 1 is 1.41 bits per heavy atom. The van der Waals surface area contributed by atoms with E-state index in [0.29, 0.717) is 6.04 Å². The molecule has 1 fully saturated rings. The first-order chi connectivity index (χ1) is 8.16. The molecular weight excluding hydrogens is 214 g/mol. The molecule has 0 aliphatic heterocycles. The highest BCUT2D eigenvalue weighted by atomic mass is 16.4. The third-order valence-electron chi connectivity index (χ3n) is 3.55. The molecule has 3 nitrogen and oxygen atoms in total. The second kappa shape index (κ2) is 5.32. The number of hydrogen-bond acceptors (Lipinski definition) is 2. The zero-order chi connectivity index (χ0) is 12.3. The Morgan fingerprint density at radius 2 is 2.06 bits per heavy atom. The van der Waals surface area contributed by atoms with Crippen molar-refractivity contribution >= 4 is 5.97 Å². The van der Waals surface area contributed by atoms with Gasteiger partial charge in [0.15, 0.2) is 0 Å². The molecule has 0 heterocycles. The minimum atomic E-state index is -0.773. The highest BCUT2D eigenvalue weighted by molar-refractivity contribution is 5.75. The zero-order valence-electron chi connectivity index (χ0n) is 10.1. The molecule has 1 saturated carbocycles. The van der Waals surface area contributed by atoms with Crippen molar-refractivity contribution < 1.29 is 9.90 Å². The predicted octanol–water partition coefficient (Wildman–Crippen LogP) is 2.52. The lowest BCUT2D eigenvalue weighted by Crippen LogP contribution is -2.34. The molecule has 0 amide bonds. The van der Waals surface area contributed by atoms with Crippen LogP contribution in [0.2, 0.25) is 0 Å². The molecule has 1 aliphatic rings. The van der Waals surface area contributed by atoms with Crippen LogP contribution in [-0.4, -0.2) is 17.1 Å². The summed E-state index contributed by atoms with van der Waals surface area (Å²) in [5.74, 6) is -1.20. The average Bonchev–Trinajstić information content (AvgIpc) is 2.27. The van der Waals surface area contributed by atoms with Crippen molar-refractivity contribution in [3.63, 3.8) is 0 Å². The van der Waals surface area contributed by atoms with Crippen LogP contribution >= 0.6 is 0 Å². The van der Waals surface area contributed by atoms with Gasteiger partial charge < -0.3 is 10.4 Å². The van der Waals surface area contributed by atoms with Crippen molar-refractivity contribution in [2.75, 3.05) is 0 Å². The van der Waals surface area contributed by atoms with Crippen LogP contribution in [0.3, 0.4) is 0 Å². The van der Waals surface area contributed by atoms with E-state index in [9.17, 15) is 4.79 Å². The van der Waals surface area contributed by atoms with E-state index in [1.54, 1.807) is 6.92 Å². The lowest BCUT2D eigenvalue weighted by Gasteiger charge is -2.26. The van der Waals surface area contributed by atoms with E-state index >= 15 is 0 Å². The van der Waals surface area contributed by atoms with Crippen LogP contribution in [0.1, 0.15) is 43.2 Å². The largest absolute Gasteiger partial charge is 0.481 e. The Labute approximate surface area is 102 Å². The number of benzene rings is 1. The number of carboxylic acid groups (broad SMARTS) is 1. The minimum absolute atomic E-state index is 0.427. The number of hydrogen-bond donors (Lipinski definition) is 2. The third kappa shape index (κ3) is 3.07. The fraction of sp³-hybridized carbons (Fsp3) is 0.500. The molecule has 0 saturated heterocycles. The molecule has 0 spiro atoms. The highest BCUT2D eigenvalue weighted by Gasteiger charge is 2.16. The third-order valence-corrected chi connectivity index (χ3v) is 3.55. The maximum absolute atomic E-state index is 10.8. The van der Waals surface area contributed by atoms with Gasteiger partial charge in [-0.05, 0) is 30.9 Å². The molecule has 1 atom stereocenters. The number of rotatable bonds is 5. The van der Waals surface area contributed by atoms with Crippen LogP contribution in [-0.2, 0) is 11.3 Å². The maximum Gasteiger partial charge on any atom is 0.310 e. The topological polar surface area (TPSA) is 49.3 Å². The van der Waals surface area contributed by atoms with Gasteiger partial charge in [0.1, 0.15) is 0 Å². The second-order valence-corrected chi connectivity index (χ2v) is 4.81. The van der Waals surface area contributed by atoms with Crippen LogP contribution in [0.15, 0.2) is 24.3 Å². The molecule has 92 valence electrons. The summed E-state index contributed by atoms with van der Waals surface area (Å²) >= 11 is 0. The van der Waals surface area contributed by atoms with Crippen molar-refractivity contribution in [3.8, 4) is 0 Å². The summed E-state index contributed by atoms with van der Waals surface area (Å²) in [6.45, 7) is 2.59. The quantitative estimate of drug-likeness (QED) is 0.821. The summed E-state index contributed by atoms with van der Waals surface area (Å²) in [6, 6.07) is 8.54. The van der Waals surface area contributed by atoms with Gasteiger partial charge >= 0.3 is 5.97 Å². The van der Waals surface area contributed by atoms with Crippen LogP contribution in [0.4, 0.5) is 0 Å². The Morgan fingerprint density at radius 3 is 2.53 bits per heavy atom. The molecule has 2 N–H and O–H groups in total. The van der Waals surface area contributed by atoms with E-state index in [2.05, 4.69) is 5.32 Å². The second-order valence-electron chi connectivity index (χ2n) is 4.81. The number of carbonyl (C=O) groups is 1. The smallest absolute Gasteiger partial charge is 0.310 e. The summed E-state index contributed by atoms with van der Waals surface area (Å²) in [5, 5.41) is 12.4. The summed E-state index contributed by atoms with van der Waals surface area (Å²) < 4.78 is 0. The van der Waals surface area contributed by atoms with E-state index in [1.807, 2.05) is 24.3 Å². The molecule has 1 aromatic carbocycles. The zero-order valence-corrected chi connectivity index (χ0v) is 10.1. The van der Waals surface area contributed by atoms with Gasteiger partial charge in [-0.1, -0.05) is 30.7 Å². The van der Waals surface area contributed by atoms with Gasteiger partial charge in [-0.15, -0.1) is 0 Å². The normalized spacial score (nSPS) is 17.5. The van der Waals surface area contributed by atoms with Gasteiger partial charge in [0.05, 0.1) is 5.92 Å². The predicted molar refractivity (Wildman–Crippen MR) is 67.0 cm³/mol. The van der Waals surface area contributed by atoms with Crippen LogP contribution in [0.25, 0.3) is 0 Å². The standard InChI is InChI=1S/C14H19NO2/c1-10(14(16)17)12-7-5-11(6-8-12)9-15-13-3-2-4-13/h5-8,10,13,15H,2-4,9H2,1H3,(H,16,17). The van der Waals surface area contributed by atoms with Crippen LogP contribution in [0.5, 0.6) is 0 Å². The number of nitrogens with one attached hydrogen (secondary N) is 1. The van der Waals surface area contributed by atoms with Crippen molar-refractivity contribution in [2.45, 2.75) is 44.7 Å². The number of carboxylic acids is 1. The first kappa shape index (κ1) is 12.1. The van der Waals surface area contributed by atoms with Gasteiger partial charge in [0, 0.05) is 12.6 Å². The average molecular weight is 233 g/mol. The Kier molecular flexibility index (Phi) is 3.79. The van der Waals surface area contributed by atoms with Gasteiger partial charge in [0.2, 0.25) is 0 Å². The fourth-order valence-electron chi connectivity index (χ4n) is 1.94. The Hall–Kier alpha value is -1.35. The molecule has 2 rings (SSSR count). The lowest BCUT2D eigenvalue weighted by molar-refractivity contribution is -0.138. The maximum atomic E-state index is 10.8. The van der Waals surface area contributed by atoms with Crippen molar-refractivity contribution in [2.24, 2.45) is 0 Å². The van der Waals surface area contributed by atoms with Crippen LogP contribution < -0.4 is 5.32 Å². The number of aliphatic carboxylic acids is 1. The molecule has 0 aromatic heterocycles.